The Morgan fingerprint density at radius 3 is 2.69 bits per heavy atom. The number of aromatic nitrogens is 5. The van der Waals surface area contributed by atoms with E-state index in [4.69, 9.17) is 9.47 Å². The number of hydrogen-bond donors (Lipinski definition) is 3. The molecule has 1 aromatic carbocycles. The van der Waals surface area contributed by atoms with E-state index in [0.717, 1.165) is 16.8 Å². The molecule has 1 atom stereocenters. The molecule has 1 amide bonds. The summed E-state index contributed by atoms with van der Waals surface area (Å²) in [5, 5.41) is 17.1. The van der Waals surface area contributed by atoms with Crippen LogP contribution in [-0.4, -0.2) is 51.7 Å². The lowest BCUT2D eigenvalue weighted by Gasteiger charge is -2.17. The van der Waals surface area contributed by atoms with Crippen LogP contribution in [0.3, 0.4) is 0 Å². The fourth-order valence-electron chi connectivity index (χ4n) is 3.89. The van der Waals surface area contributed by atoms with Gasteiger partial charge in [0, 0.05) is 32.7 Å². The second-order valence-corrected chi connectivity index (χ2v) is 8.10. The number of aromatic amines is 2. The number of amides is 1. The van der Waals surface area contributed by atoms with Gasteiger partial charge >= 0.3 is 0 Å². The van der Waals surface area contributed by atoms with Crippen molar-refractivity contribution in [3.8, 4) is 0 Å². The highest BCUT2D eigenvalue weighted by Gasteiger charge is 2.24. The van der Waals surface area contributed by atoms with Gasteiger partial charge in [-0.3, -0.25) is 19.8 Å². The van der Waals surface area contributed by atoms with Crippen LogP contribution in [-0.2, 0) is 29.2 Å². The number of ether oxygens (including phenoxy) is 2. The molecule has 1 unspecified atom stereocenters. The molecule has 0 bridgehead atoms. The first kappa shape index (κ1) is 24.1. The Kier molecular flexibility index (Phi) is 7.86. The molecule has 0 aliphatic heterocycles. The van der Waals surface area contributed by atoms with Gasteiger partial charge < -0.3 is 19.4 Å². The quantitative estimate of drug-likeness (QED) is 0.305. The van der Waals surface area contributed by atoms with Crippen LogP contribution < -0.4 is 10.9 Å². The molecule has 10 nitrogen and oxygen atoms in total. The van der Waals surface area contributed by atoms with E-state index in [1.54, 1.807) is 37.2 Å². The number of benzene rings is 1. The number of pyridine rings is 1. The third kappa shape index (κ3) is 5.92. The molecule has 0 aliphatic carbocycles. The minimum Gasteiger partial charge on any atom is -0.384 e. The number of hydrogen-bond acceptors (Lipinski definition) is 6. The predicted molar refractivity (Wildman–Crippen MR) is 129 cm³/mol. The van der Waals surface area contributed by atoms with Crippen LogP contribution in [0.1, 0.15) is 44.5 Å². The first-order chi connectivity index (χ1) is 17.1. The summed E-state index contributed by atoms with van der Waals surface area (Å²) in [5.41, 5.74) is 4.47. The molecule has 10 heteroatoms. The average molecular weight is 477 g/mol. The molecule has 0 fully saturated rings. The lowest BCUT2D eigenvalue weighted by Crippen LogP contribution is -2.25. The van der Waals surface area contributed by atoms with Crippen LogP contribution in [0.2, 0.25) is 0 Å². The SMILES string of the molecule is COCc1cc(CNC(=O)c2c[nH]nc2C(COC)c2ccc(Cn3ccccc3=O)cc2)n[nH]1. The molecule has 4 rings (SSSR count). The van der Waals surface area contributed by atoms with Crippen LogP contribution in [0.5, 0.6) is 0 Å². The Labute approximate surface area is 202 Å². The molecule has 3 heterocycles. The predicted octanol–water partition coefficient (Wildman–Crippen LogP) is 2.20. The number of H-pyrrole nitrogens is 2. The summed E-state index contributed by atoms with van der Waals surface area (Å²) in [6, 6.07) is 14.8. The van der Waals surface area contributed by atoms with E-state index in [2.05, 4.69) is 25.7 Å². The fraction of sp³-hybridized carbons (Fsp3) is 0.280. The summed E-state index contributed by atoms with van der Waals surface area (Å²) in [7, 11) is 3.22. The van der Waals surface area contributed by atoms with Gasteiger partial charge in [-0.25, -0.2) is 0 Å². The lowest BCUT2D eigenvalue weighted by molar-refractivity contribution is 0.0948. The van der Waals surface area contributed by atoms with E-state index in [1.165, 1.54) is 6.07 Å². The second kappa shape index (κ2) is 11.4. The maximum atomic E-state index is 13.0. The Hall–Kier alpha value is -4.02. The van der Waals surface area contributed by atoms with Crippen molar-refractivity contribution < 1.29 is 14.3 Å². The molecule has 3 aromatic heterocycles. The van der Waals surface area contributed by atoms with Crippen LogP contribution >= 0.6 is 0 Å². The molecule has 182 valence electrons. The maximum absolute atomic E-state index is 13.0. The minimum absolute atomic E-state index is 0.0502. The molecule has 3 N–H and O–H groups in total. The fourth-order valence-corrected chi connectivity index (χ4v) is 3.89. The smallest absolute Gasteiger partial charge is 0.255 e. The van der Waals surface area contributed by atoms with Crippen LogP contribution in [0, 0.1) is 0 Å². The van der Waals surface area contributed by atoms with Crippen molar-refractivity contribution in [3.05, 3.63) is 105 Å². The zero-order valence-electron chi connectivity index (χ0n) is 19.7. The number of carbonyl (C=O) groups excluding carboxylic acids is 1. The summed E-state index contributed by atoms with van der Waals surface area (Å²) < 4.78 is 12.2. The van der Waals surface area contributed by atoms with Gasteiger partial charge in [0.25, 0.3) is 11.5 Å². The molecule has 4 aromatic rings. The van der Waals surface area contributed by atoms with Crippen molar-refractivity contribution in [2.24, 2.45) is 0 Å². The van der Waals surface area contributed by atoms with Gasteiger partial charge in [0.05, 0.1) is 54.9 Å². The van der Waals surface area contributed by atoms with Gasteiger partial charge in [-0.2, -0.15) is 10.2 Å². The first-order valence-corrected chi connectivity index (χ1v) is 11.2. The number of methoxy groups -OCH3 is 2. The van der Waals surface area contributed by atoms with E-state index in [0.29, 0.717) is 36.7 Å². The third-order valence-corrected chi connectivity index (χ3v) is 5.63. The summed E-state index contributed by atoms with van der Waals surface area (Å²) in [5.74, 6) is -0.509. The summed E-state index contributed by atoms with van der Waals surface area (Å²) in [6.45, 7) is 1.52. The molecular weight excluding hydrogens is 448 g/mol. The van der Waals surface area contributed by atoms with E-state index in [-0.39, 0.29) is 23.9 Å². The van der Waals surface area contributed by atoms with Crippen LogP contribution in [0.25, 0.3) is 0 Å². The monoisotopic (exact) mass is 476 g/mol. The molecule has 0 saturated heterocycles. The van der Waals surface area contributed by atoms with Crippen molar-refractivity contribution in [2.75, 3.05) is 20.8 Å². The topological polar surface area (TPSA) is 127 Å². The van der Waals surface area contributed by atoms with E-state index >= 15 is 0 Å². The van der Waals surface area contributed by atoms with Crippen molar-refractivity contribution >= 4 is 5.91 Å². The minimum atomic E-state index is -0.258. The van der Waals surface area contributed by atoms with Gasteiger partial charge in [0.1, 0.15) is 0 Å². The zero-order chi connectivity index (χ0) is 24.6. The first-order valence-electron chi connectivity index (χ1n) is 11.2. The molecule has 35 heavy (non-hydrogen) atoms. The summed E-state index contributed by atoms with van der Waals surface area (Å²) in [4.78, 5) is 25.0. The van der Waals surface area contributed by atoms with Gasteiger partial charge in [-0.15, -0.1) is 0 Å². The van der Waals surface area contributed by atoms with Crippen molar-refractivity contribution in [1.82, 2.24) is 30.3 Å². The largest absolute Gasteiger partial charge is 0.384 e. The lowest BCUT2D eigenvalue weighted by atomic mass is 9.93. The number of rotatable bonds is 11. The van der Waals surface area contributed by atoms with E-state index < -0.39 is 0 Å². The van der Waals surface area contributed by atoms with Crippen molar-refractivity contribution in [3.63, 3.8) is 0 Å². The van der Waals surface area contributed by atoms with Crippen LogP contribution in [0.15, 0.2) is 65.7 Å². The normalized spacial score (nSPS) is 11.9. The average Bonchev–Trinajstić information content (AvgIpc) is 3.53. The maximum Gasteiger partial charge on any atom is 0.255 e. The van der Waals surface area contributed by atoms with E-state index in [9.17, 15) is 9.59 Å². The Morgan fingerprint density at radius 2 is 1.94 bits per heavy atom. The van der Waals surface area contributed by atoms with Crippen molar-refractivity contribution in [2.45, 2.75) is 25.6 Å². The van der Waals surface area contributed by atoms with Gasteiger partial charge in [0.2, 0.25) is 0 Å². The highest BCUT2D eigenvalue weighted by molar-refractivity contribution is 5.95. The number of nitrogens with one attached hydrogen (secondary N) is 3. The van der Waals surface area contributed by atoms with Crippen molar-refractivity contribution in [1.29, 1.82) is 0 Å². The molecule has 0 saturated carbocycles. The Balaban J connectivity index is 1.48. The zero-order valence-corrected chi connectivity index (χ0v) is 19.7. The highest BCUT2D eigenvalue weighted by Crippen LogP contribution is 2.27. The third-order valence-electron chi connectivity index (χ3n) is 5.63. The van der Waals surface area contributed by atoms with Crippen LogP contribution in [0.4, 0.5) is 0 Å². The van der Waals surface area contributed by atoms with E-state index in [1.807, 2.05) is 36.4 Å². The standard InChI is InChI=1S/C25H28N6O4/c1-34-15-20-11-19(28-29-20)12-26-25(33)21-13-27-30-24(21)22(16-35-2)18-8-6-17(7-9-18)14-31-10-4-3-5-23(31)32/h3-11,13,22H,12,14-16H2,1-2H3,(H,26,33)(H,27,30)(H,28,29). The molecule has 0 radical (unpaired) electrons. The number of carbonyl (C=O) groups is 1. The molecular formula is C25H28N6O4. The Morgan fingerprint density at radius 1 is 1.11 bits per heavy atom. The Bertz CT molecular complexity index is 1310. The second-order valence-electron chi connectivity index (χ2n) is 8.10. The summed E-state index contributed by atoms with van der Waals surface area (Å²) >= 11 is 0. The number of nitrogens with zero attached hydrogens (tertiary/aromatic N) is 3. The van der Waals surface area contributed by atoms with Gasteiger partial charge in [0.15, 0.2) is 0 Å². The molecule has 0 aliphatic rings. The van der Waals surface area contributed by atoms with Gasteiger partial charge in [-0.1, -0.05) is 30.3 Å². The molecule has 0 spiro atoms. The highest BCUT2D eigenvalue weighted by atomic mass is 16.5. The summed E-state index contributed by atoms with van der Waals surface area (Å²) in [6.07, 6.45) is 3.35. The van der Waals surface area contributed by atoms with Gasteiger partial charge in [-0.05, 0) is 23.3 Å².